The summed E-state index contributed by atoms with van der Waals surface area (Å²) in [5.74, 6) is 0. The molecule has 3 heterocycles. The zero-order valence-corrected chi connectivity index (χ0v) is 12.8. The SMILES string of the molecule is Brc1ccc2c(ccc3oc4nc5cccnc5nc4c32)c1. The molecule has 5 heteroatoms. The Bertz CT molecular complexity index is 1200. The van der Waals surface area contributed by atoms with Crippen molar-refractivity contribution in [3.05, 3.63) is 53.1 Å². The van der Waals surface area contributed by atoms with Crippen molar-refractivity contribution in [1.82, 2.24) is 15.0 Å². The minimum absolute atomic E-state index is 0.547. The molecule has 0 radical (unpaired) electrons. The smallest absolute Gasteiger partial charge is 0.247 e. The Morgan fingerprint density at radius 1 is 1.00 bits per heavy atom. The summed E-state index contributed by atoms with van der Waals surface area (Å²) in [7, 11) is 0. The first-order valence-corrected chi connectivity index (χ1v) is 7.62. The number of halogens is 1. The van der Waals surface area contributed by atoms with Gasteiger partial charge in [0.05, 0.1) is 5.39 Å². The van der Waals surface area contributed by atoms with Gasteiger partial charge >= 0.3 is 0 Å². The molecule has 0 aliphatic carbocycles. The van der Waals surface area contributed by atoms with E-state index in [2.05, 4.69) is 43.0 Å². The monoisotopic (exact) mass is 349 g/mol. The maximum atomic E-state index is 5.89. The first-order valence-electron chi connectivity index (χ1n) is 6.83. The second-order valence-electron chi connectivity index (χ2n) is 5.13. The maximum absolute atomic E-state index is 5.89. The maximum Gasteiger partial charge on any atom is 0.247 e. The lowest BCUT2D eigenvalue weighted by molar-refractivity contribution is 0.655. The Labute approximate surface area is 132 Å². The Kier molecular flexibility index (Phi) is 2.32. The number of hydrogen-bond donors (Lipinski definition) is 0. The van der Waals surface area contributed by atoms with Crippen molar-refractivity contribution in [2.75, 3.05) is 0 Å². The van der Waals surface area contributed by atoms with Crippen LogP contribution in [-0.2, 0) is 0 Å². The predicted molar refractivity (Wildman–Crippen MR) is 89.8 cm³/mol. The van der Waals surface area contributed by atoms with E-state index in [0.29, 0.717) is 11.4 Å². The van der Waals surface area contributed by atoms with Crippen LogP contribution in [0.15, 0.2) is 57.6 Å². The van der Waals surface area contributed by atoms with E-state index >= 15 is 0 Å². The van der Waals surface area contributed by atoms with Crippen LogP contribution in [0.1, 0.15) is 0 Å². The van der Waals surface area contributed by atoms with Gasteiger partial charge in [-0.15, -0.1) is 0 Å². The third-order valence-corrected chi connectivity index (χ3v) is 4.29. The highest BCUT2D eigenvalue weighted by Crippen LogP contribution is 2.34. The van der Waals surface area contributed by atoms with Gasteiger partial charge in [-0.05, 0) is 41.1 Å². The van der Waals surface area contributed by atoms with Gasteiger partial charge in [0.25, 0.3) is 0 Å². The zero-order valence-electron chi connectivity index (χ0n) is 11.2. The van der Waals surface area contributed by atoms with E-state index in [0.717, 1.165) is 37.2 Å². The Balaban J connectivity index is 2.05. The van der Waals surface area contributed by atoms with E-state index in [1.165, 1.54) is 0 Å². The van der Waals surface area contributed by atoms with E-state index < -0.39 is 0 Å². The topological polar surface area (TPSA) is 51.8 Å². The third kappa shape index (κ3) is 1.60. The summed E-state index contributed by atoms with van der Waals surface area (Å²) in [4.78, 5) is 13.5. The van der Waals surface area contributed by atoms with Gasteiger partial charge in [-0.2, -0.15) is 0 Å². The number of fused-ring (bicyclic) bond motifs is 6. The fourth-order valence-corrected chi connectivity index (χ4v) is 3.20. The predicted octanol–water partition coefficient (Wildman–Crippen LogP) is 4.84. The fraction of sp³-hybridized carbons (Fsp3) is 0. The average Bonchev–Trinajstić information content (AvgIpc) is 2.90. The molecule has 5 aromatic rings. The zero-order chi connectivity index (χ0) is 14.7. The molecule has 0 aliphatic rings. The molecular formula is C17H8BrN3O. The van der Waals surface area contributed by atoms with Crippen molar-refractivity contribution in [3.63, 3.8) is 0 Å². The highest BCUT2D eigenvalue weighted by molar-refractivity contribution is 9.10. The molecule has 5 rings (SSSR count). The van der Waals surface area contributed by atoms with E-state index in [4.69, 9.17) is 4.42 Å². The molecule has 0 fully saturated rings. The molecule has 0 unspecified atom stereocenters. The number of benzene rings is 2. The minimum atomic E-state index is 0.547. The van der Waals surface area contributed by atoms with Crippen molar-refractivity contribution in [2.45, 2.75) is 0 Å². The van der Waals surface area contributed by atoms with E-state index in [-0.39, 0.29) is 0 Å². The summed E-state index contributed by atoms with van der Waals surface area (Å²) >= 11 is 3.51. The van der Waals surface area contributed by atoms with Gasteiger partial charge in [0.2, 0.25) is 5.71 Å². The molecule has 104 valence electrons. The largest absolute Gasteiger partial charge is 0.436 e. The normalized spacial score (nSPS) is 11.9. The molecule has 0 aliphatic heterocycles. The lowest BCUT2D eigenvalue weighted by Gasteiger charge is -2.00. The summed E-state index contributed by atoms with van der Waals surface area (Å²) in [5.41, 5.74) is 3.47. The molecule has 0 saturated heterocycles. The summed E-state index contributed by atoms with van der Waals surface area (Å²) in [6, 6.07) is 13.9. The van der Waals surface area contributed by atoms with Gasteiger partial charge in [-0.3, -0.25) is 0 Å². The molecule has 0 saturated carbocycles. The van der Waals surface area contributed by atoms with Gasteiger partial charge in [0, 0.05) is 10.7 Å². The van der Waals surface area contributed by atoms with Crippen LogP contribution in [0, 0.1) is 0 Å². The summed E-state index contributed by atoms with van der Waals surface area (Å²) < 4.78 is 6.93. The van der Waals surface area contributed by atoms with Crippen LogP contribution in [0.4, 0.5) is 0 Å². The molecule has 3 aromatic heterocycles. The van der Waals surface area contributed by atoms with Crippen LogP contribution in [0.2, 0.25) is 0 Å². The molecule has 0 atom stereocenters. The number of aromatic nitrogens is 3. The second-order valence-corrected chi connectivity index (χ2v) is 6.05. The lowest BCUT2D eigenvalue weighted by atomic mass is 10.1. The van der Waals surface area contributed by atoms with Gasteiger partial charge in [-0.1, -0.05) is 28.1 Å². The molecule has 2 aromatic carbocycles. The van der Waals surface area contributed by atoms with Crippen LogP contribution in [0.25, 0.3) is 44.1 Å². The highest BCUT2D eigenvalue weighted by atomic mass is 79.9. The van der Waals surface area contributed by atoms with Crippen LogP contribution >= 0.6 is 15.9 Å². The summed E-state index contributed by atoms with van der Waals surface area (Å²) in [6.07, 6.45) is 1.72. The van der Waals surface area contributed by atoms with Crippen LogP contribution in [0.3, 0.4) is 0 Å². The lowest BCUT2D eigenvalue weighted by Crippen LogP contribution is -1.87. The van der Waals surface area contributed by atoms with Gasteiger partial charge in [0.1, 0.15) is 16.6 Å². The van der Waals surface area contributed by atoms with E-state index in [1.54, 1.807) is 6.20 Å². The first-order chi connectivity index (χ1) is 10.8. The van der Waals surface area contributed by atoms with Gasteiger partial charge < -0.3 is 4.42 Å². The van der Waals surface area contributed by atoms with E-state index in [1.807, 2.05) is 30.3 Å². The van der Waals surface area contributed by atoms with Gasteiger partial charge in [-0.25, -0.2) is 15.0 Å². The highest BCUT2D eigenvalue weighted by Gasteiger charge is 2.14. The standard InChI is InChI=1S/C17H8BrN3O/c18-10-4-5-11-9(8-10)3-6-13-14(11)15-17(22-13)20-12-2-1-7-19-16(12)21-15/h1-8H. The summed E-state index contributed by atoms with van der Waals surface area (Å²) in [5, 5.41) is 3.22. The third-order valence-electron chi connectivity index (χ3n) is 3.80. The molecule has 0 amide bonds. The van der Waals surface area contributed by atoms with Crippen LogP contribution in [-0.4, -0.2) is 15.0 Å². The number of pyridine rings is 1. The molecule has 0 N–H and O–H groups in total. The number of nitrogens with zero attached hydrogens (tertiary/aromatic N) is 3. The molecule has 4 nitrogen and oxygen atoms in total. The van der Waals surface area contributed by atoms with Crippen LogP contribution in [0.5, 0.6) is 0 Å². The fourth-order valence-electron chi connectivity index (χ4n) is 2.83. The van der Waals surface area contributed by atoms with Crippen molar-refractivity contribution in [3.8, 4) is 0 Å². The number of rotatable bonds is 0. The van der Waals surface area contributed by atoms with Crippen molar-refractivity contribution in [1.29, 1.82) is 0 Å². The van der Waals surface area contributed by atoms with Crippen LogP contribution < -0.4 is 0 Å². The summed E-state index contributed by atoms with van der Waals surface area (Å²) in [6.45, 7) is 0. The molecule has 0 spiro atoms. The average molecular weight is 350 g/mol. The van der Waals surface area contributed by atoms with Crippen molar-refractivity contribution >= 4 is 60.1 Å². The van der Waals surface area contributed by atoms with Gasteiger partial charge in [0.15, 0.2) is 5.65 Å². The second kappa shape index (κ2) is 4.24. The molecular weight excluding hydrogens is 342 g/mol. The molecule has 22 heavy (non-hydrogen) atoms. The quantitative estimate of drug-likeness (QED) is 0.401. The Morgan fingerprint density at radius 2 is 1.95 bits per heavy atom. The first kappa shape index (κ1) is 12.1. The van der Waals surface area contributed by atoms with Crippen molar-refractivity contribution in [2.24, 2.45) is 0 Å². The van der Waals surface area contributed by atoms with Crippen molar-refractivity contribution < 1.29 is 4.42 Å². The molecule has 0 bridgehead atoms. The Morgan fingerprint density at radius 3 is 2.91 bits per heavy atom. The number of furan rings is 1. The minimum Gasteiger partial charge on any atom is -0.436 e. The number of hydrogen-bond acceptors (Lipinski definition) is 4. The van der Waals surface area contributed by atoms with E-state index in [9.17, 15) is 0 Å². The Hall–Kier alpha value is -2.53.